The van der Waals surface area contributed by atoms with E-state index in [0.29, 0.717) is 17.2 Å². The molecule has 2 atom stereocenters. The van der Waals surface area contributed by atoms with Crippen molar-refractivity contribution in [3.63, 3.8) is 0 Å². The van der Waals surface area contributed by atoms with Crippen LogP contribution >= 0.6 is 11.7 Å². The SMILES string of the molecule is CC1(C)C[C@H]2C[C@@](C)(CN2C(=O)c2cnsn2)C1. The van der Waals surface area contributed by atoms with E-state index in [1.54, 1.807) is 6.20 Å². The number of carbonyl (C=O) groups is 1. The number of carbonyl (C=O) groups excluding carboxylic acids is 1. The van der Waals surface area contributed by atoms with Gasteiger partial charge in [-0.1, -0.05) is 20.8 Å². The fourth-order valence-electron chi connectivity index (χ4n) is 4.10. The summed E-state index contributed by atoms with van der Waals surface area (Å²) in [5.74, 6) is 0.0650. The van der Waals surface area contributed by atoms with E-state index in [-0.39, 0.29) is 11.3 Å². The van der Waals surface area contributed by atoms with Crippen LogP contribution in [0.25, 0.3) is 0 Å². The molecule has 4 nitrogen and oxygen atoms in total. The van der Waals surface area contributed by atoms with Gasteiger partial charge in [-0.3, -0.25) is 4.79 Å². The Bertz CT molecular complexity index is 471. The Labute approximate surface area is 112 Å². The number of aromatic nitrogens is 2. The van der Waals surface area contributed by atoms with Crippen molar-refractivity contribution in [3.05, 3.63) is 11.9 Å². The molecule has 2 fully saturated rings. The highest BCUT2D eigenvalue weighted by Crippen LogP contribution is 2.52. The molecule has 1 aliphatic carbocycles. The van der Waals surface area contributed by atoms with Gasteiger partial charge in [-0.2, -0.15) is 8.75 Å². The first-order valence-corrected chi connectivity index (χ1v) is 7.20. The summed E-state index contributed by atoms with van der Waals surface area (Å²) in [5, 5.41) is 0. The molecule has 5 heteroatoms. The van der Waals surface area contributed by atoms with Crippen LogP contribution in [0.3, 0.4) is 0 Å². The van der Waals surface area contributed by atoms with Gasteiger partial charge >= 0.3 is 0 Å². The maximum absolute atomic E-state index is 12.4. The van der Waals surface area contributed by atoms with Crippen LogP contribution in [0.4, 0.5) is 0 Å². The Hall–Kier alpha value is -0.970. The molecule has 0 spiro atoms. The van der Waals surface area contributed by atoms with Crippen molar-refractivity contribution in [1.82, 2.24) is 13.6 Å². The monoisotopic (exact) mass is 265 g/mol. The first-order valence-electron chi connectivity index (χ1n) is 6.47. The number of likely N-dealkylation sites (tertiary alicyclic amines) is 1. The van der Waals surface area contributed by atoms with E-state index >= 15 is 0 Å². The Balaban J connectivity index is 1.86. The zero-order chi connectivity index (χ0) is 13.0. The lowest BCUT2D eigenvalue weighted by Gasteiger charge is -2.39. The van der Waals surface area contributed by atoms with Crippen LogP contribution < -0.4 is 0 Å². The van der Waals surface area contributed by atoms with Crippen molar-refractivity contribution in [2.45, 2.75) is 46.1 Å². The summed E-state index contributed by atoms with van der Waals surface area (Å²) in [4.78, 5) is 14.5. The Morgan fingerprint density at radius 2 is 2.22 bits per heavy atom. The summed E-state index contributed by atoms with van der Waals surface area (Å²) in [6.07, 6.45) is 5.03. The number of amides is 1. The van der Waals surface area contributed by atoms with Gasteiger partial charge in [0, 0.05) is 12.6 Å². The Kier molecular flexibility index (Phi) is 2.52. The number of hydrogen-bond donors (Lipinski definition) is 0. The van der Waals surface area contributed by atoms with E-state index in [0.717, 1.165) is 31.1 Å². The molecule has 2 bridgehead atoms. The highest BCUT2D eigenvalue weighted by molar-refractivity contribution is 6.99. The summed E-state index contributed by atoms with van der Waals surface area (Å²) in [7, 11) is 0. The lowest BCUT2D eigenvalue weighted by atomic mass is 9.65. The minimum atomic E-state index is 0.0650. The second-order valence-corrected chi connectivity index (χ2v) is 7.50. The average Bonchev–Trinajstić information content (AvgIpc) is 2.82. The molecule has 2 aliphatic rings. The fraction of sp³-hybridized carbons (Fsp3) is 0.769. The van der Waals surface area contributed by atoms with Crippen LogP contribution in [-0.2, 0) is 0 Å². The predicted molar refractivity (Wildman–Crippen MR) is 70.5 cm³/mol. The molecule has 0 unspecified atom stereocenters. The molecule has 2 heterocycles. The van der Waals surface area contributed by atoms with Gasteiger partial charge in [0.15, 0.2) is 5.69 Å². The molecule has 1 amide bonds. The third kappa shape index (κ3) is 1.94. The highest BCUT2D eigenvalue weighted by atomic mass is 32.1. The van der Waals surface area contributed by atoms with Crippen molar-refractivity contribution < 1.29 is 4.79 Å². The van der Waals surface area contributed by atoms with Crippen molar-refractivity contribution >= 4 is 17.6 Å². The van der Waals surface area contributed by atoms with Gasteiger partial charge < -0.3 is 4.90 Å². The smallest absolute Gasteiger partial charge is 0.275 e. The molecule has 1 saturated heterocycles. The fourth-order valence-corrected chi connectivity index (χ4v) is 4.51. The molecule has 0 radical (unpaired) electrons. The summed E-state index contributed by atoms with van der Waals surface area (Å²) >= 11 is 1.10. The molecule has 0 aromatic carbocycles. The molecule has 18 heavy (non-hydrogen) atoms. The number of fused-ring (bicyclic) bond motifs is 2. The van der Waals surface area contributed by atoms with Crippen LogP contribution in [0.15, 0.2) is 6.20 Å². The maximum atomic E-state index is 12.4. The lowest BCUT2D eigenvalue weighted by molar-refractivity contribution is 0.0703. The predicted octanol–water partition coefficient (Wildman–Crippen LogP) is 2.58. The van der Waals surface area contributed by atoms with Crippen LogP contribution in [-0.4, -0.2) is 32.1 Å². The van der Waals surface area contributed by atoms with Gasteiger partial charge in [-0.05, 0) is 30.1 Å². The lowest BCUT2D eigenvalue weighted by Crippen LogP contribution is -2.37. The first kappa shape index (κ1) is 12.1. The third-order valence-electron chi connectivity index (χ3n) is 4.26. The van der Waals surface area contributed by atoms with Crippen LogP contribution in [0.1, 0.15) is 50.5 Å². The molecular formula is C13H19N3OS. The summed E-state index contributed by atoms with van der Waals surface area (Å²) in [6.45, 7) is 7.82. The van der Waals surface area contributed by atoms with Gasteiger partial charge in [-0.15, -0.1) is 0 Å². The molecule has 3 rings (SSSR count). The zero-order valence-corrected chi connectivity index (χ0v) is 12.0. The largest absolute Gasteiger partial charge is 0.334 e. The van der Waals surface area contributed by atoms with Crippen LogP contribution in [0, 0.1) is 10.8 Å². The summed E-state index contributed by atoms with van der Waals surface area (Å²) in [5.41, 5.74) is 1.13. The average molecular weight is 265 g/mol. The minimum absolute atomic E-state index is 0.0650. The van der Waals surface area contributed by atoms with E-state index < -0.39 is 0 Å². The summed E-state index contributed by atoms with van der Waals surface area (Å²) in [6, 6.07) is 0.382. The van der Waals surface area contributed by atoms with E-state index in [1.165, 1.54) is 6.42 Å². The number of hydrogen-bond acceptors (Lipinski definition) is 4. The van der Waals surface area contributed by atoms with Crippen molar-refractivity contribution in [1.29, 1.82) is 0 Å². The minimum Gasteiger partial charge on any atom is -0.334 e. The van der Waals surface area contributed by atoms with Gasteiger partial charge in [0.2, 0.25) is 0 Å². The zero-order valence-electron chi connectivity index (χ0n) is 11.1. The summed E-state index contributed by atoms with van der Waals surface area (Å²) < 4.78 is 8.00. The highest BCUT2D eigenvalue weighted by Gasteiger charge is 2.51. The van der Waals surface area contributed by atoms with Crippen molar-refractivity contribution in [2.75, 3.05) is 6.54 Å². The van der Waals surface area contributed by atoms with Gasteiger partial charge in [0.1, 0.15) is 0 Å². The molecule has 1 aromatic heterocycles. The van der Waals surface area contributed by atoms with Crippen LogP contribution in [0.2, 0.25) is 0 Å². The normalized spacial score (nSPS) is 33.7. The van der Waals surface area contributed by atoms with Gasteiger partial charge in [-0.25, -0.2) is 0 Å². The number of rotatable bonds is 1. The van der Waals surface area contributed by atoms with E-state index in [9.17, 15) is 4.79 Å². The molecular weight excluding hydrogens is 246 g/mol. The molecule has 1 saturated carbocycles. The molecule has 98 valence electrons. The Morgan fingerprint density at radius 1 is 1.44 bits per heavy atom. The van der Waals surface area contributed by atoms with Crippen molar-refractivity contribution in [2.24, 2.45) is 10.8 Å². The molecule has 0 N–H and O–H groups in total. The first-order chi connectivity index (χ1) is 8.39. The van der Waals surface area contributed by atoms with E-state index in [4.69, 9.17) is 0 Å². The second kappa shape index (κ2) is 3.76. The topological polar surface area (TPSA) is 46.1 Å². The Morgan fingerprint density at radius 3 is 2.89 bits per heavy atom. The quantitative estimate of drug-likeness (QED) is 0.784. The van der Waals surface area contributed by atoms with Crippen LogP contribution in [0.5, 0.6) is 0 Å². The van der Waals surface area contributed by atoms with Crippen molar-refractivity contribution in [3.8, 4) is 0 Å². The van der Waals surface area contributed by atoms with E-state index in [2.05, 4.69) is 29.5 Å². The second-order valence-electron chi connectivity index (χ2n) is 6.94. The maximum Gasteiger partial charge on any atom is 0.275 e. The van der Waals surface area contributed by atoms with E-state index in [1.807, 2.05) is 4.90 Å². The molecule has 1 aliphatic heterocycles. The van der Waals surface area contributed by atoms with Gasteiger partial charge in [0.25, 0.3) is 5.91 Å². The number of nitrogens with zero attached hydrogens (tertiary/aromatic N) is 3. The standard InChI is InChI=1S/C13H19N3OS/c1-12(2)4-9-5-13(3,7-12)8-16(9)11(17)10-6-14-18-15-10/h6,9H,4-5,7-8H2,1-3H3/t9-,13+/m0/s1. The van der Waals surface area contributed by atoms with Gasteiger partial charge in [0.05, 0.1) is 17.9 Å². The molecule has 1 aromatic rings. The third-order valence-corrected chi connectivity index (χ3v) is 4.73.